The van der Waals surface area contributed by atoms with Crippen LogP contribution in [-0.4, -0.2) is 22.2 Å². The summed E-state index contributed by atoms with van der Waals surface area (Å²) in [5.74, 6) is -0.347. The number of Topliss-reactive ketones (excluding diaryl/α,β-unsaturated/α-hetero) is 1. The quantitative estimate of drug-likeness (QED) is 0.539. The van der Waals surface area contributed by atoms with Crippen molar-refractivity contribution >= 4 is 12.1 Å². The first kappa shape index (κ1) is 9.38. The number of nitrogens with zero attached hydrogens (tertiary/aromatic N) is 1. The van der Waals surface area contributed by atoms with E-state index in [1.807, 2.05) is 0 Å². The number of aromatic nitrogens is 1. The van der Waals surface area contributed by atoms with Gasteiger partial charge in [-0.1, -0.05) is 0 Å². The molecule has 1 rings (SSSR count). The van der Waals surface area contributed by atoms with E-state index in [-0.39, 0.29) is 12.2 Å². The van der Waals surface area contributed by atoms with Crippen molar-refractivity contribution in [2.75, 3.05) is 0 Å². The second-order valence-corrected chi connectivity index (χ2v) is 2.59. The smallest absolute Gasteiger partial charge is 0.195 e. The Morgan fingerprint density at radius 3 is 2.85 bits per heavy atom. The van der Waals surface area contributed by atoms with Gasteiger partial charge >= 0.3 is 0 Å². The van der Waals surface area contributed by atoms with Crippen molar-refractivity contribution in [1.29, 1.82) is 0 Å². The van der Waals surface area contributed by atoms with E-state index in [1.54, 1.807) is 6.07 Å². The summed E-state index contributed by atoms with van der Waals surface area (Å²) in [5.41, 5.74) is 0.688. The molecule has 0 aliphatic heterocycles. The average molecular weight is 179 g/mol. The molecule has 0 bridgehead atoms. The van der Waals surface area contributed by atoms with Crippen molar-refractivity contribution in [2.24, 2.45) is 0 Å². The maximum Gasteiger partial charge on any atom is 0.195 e. The molecular weight excluding hydrogens is 170 g/mol. The minimum absolute atomic E-state index is 0.0884. The molecule has 1 heterocycles. The fourth-order valence-electron chi connectivity index (χ4n) is 0.875. The minimum atomic E-state index is -0.435. The molecule has 0 aromatic carbocycles. The fraction of sp³-hybridized carbons (Fsp3) is 0.222. The van der Waals surface area contributed by atoms with E-state index in [9.17, 15) is 9.59 Å². The molecular formula is C9H9NO3. The summed E-state index contributed by atoms with van der Waals surface area (Å²) >= 11 is 0. The van der Waals surface area contributed by atoms with Gasteiger partial charge in [-0.15, -0.1) is 0 Å². The molecule has 0 aliphatic rings. The van der Waals surface area contributed by atoms with Crippen LogP contribution in [0.5, 0.6) is 5.75 Å². The highest BCUT2D eigenvalue weighted by molar-refractivity contribution is 6.24. The Morgan fingerprint density at radius 2 is 2.31 bits per heavy atom. The summed E-state index contributed by atoms with van der Waals surface area (Å²) in [4.78, 5) is 24.4. The summed E-state index contributed by atoms with van der Waals surface area (Å²) in [6.45, 7) is 0. The molecule has 4 nitrogen and oxygen atoms in total. The standard InChI is InChI=1S/C9H9NO3/c11-6-9(13)4-2-7-1-3-8(12)5-10-7/h1,3,5-6,12H,2,4H2. The van der Waals surface area contributed by atoms with E-state index in [2.05, 4.69) is 4.98 Å². The Kier molecular flexibility index (Phi) is 3.14. The lowest BCUT2D eigenvalue weighted by Crippen LogP contribution is -2.01. The number of carbonyl (C=O) groups is 2. The highest BCUT2D eigenvalue weighted by atomic mass is 16.3. The number of aldehydes is 1. The van der Waals surface area contributed by atoms with Gasteiger partial charge in [0.05, 0.1) is 6.20 Å². The van der Waals surface area contributed by atoms with Crippen LogP contribution in [-0.2, 0) is 16.0 Å². The molecule has 13 heavy (non-hydrogen) atoms. The second-order valence-electron chi connectivity index (χ2n) is 2.59. The van der Waals surface area contributed by atoms with Crippen LogP contribution in [0.25, 0.3) is 0 Å². The van der Waals surface area contributed by atoms with Crippen molar-refractivity contribution < 1.29 is 14.7 Å². The molecule has 0 saturated heterocycles. The first-order valence-electron chi connectivity index (χ1n) is 3.84. The van der Waals surface area contributed by atoms with Crippen molar-refractivity contribution in [1.82, 2.24) is 4.98 Å². The van der Waals surface area contributed by atoms with Crippen LogP contribution in [0, 0.1) is 0 Å². The Balaban J connectivity index is 2.50. The first-order chi connectivity index (χ1) is 6.22. The van der Waals surface area contributed by atoms with Crippen molar-refractivity contribution in [3.8, 4) is 5.75 Å². The predicted octanol–water partition coefficient (Wildman–Crippen LogP) is 0.488. The zero-order valence-corrected chi connectivity index (χ0v) is 6.93. The van der Waals surface area contributed by atoms with E-state index >= 15 is 0 Å². The van der Waals surface area contributed by atoms with Crippen LogP contribution < -0.4 is 0 Å². The lowest BCUT2D eigenvalue weighted by Gasteiger charge is -1.96. The molecule has 4 heteroatoms. The molecule has 1 aromatic heterocycles. The van der Waals surface area contributed by atoms with Crippen molar-refractivity contribution in [2.45, 2.75) is 12.8 Å². The van der Waals surface area contributed by atoms with Crippen LogP contribution >= 0.6 is 0 Å². The third-order valence-electron chi connectivity index (χ3n) is 1.57. The fourth-order valence-corrected chi connectivity index (χ4v) is 0.875. The Hall–Kier alpha value is -1.71. The number of aryl methyl sites for hydroxylation is 1. The van der Waals surface area contributed by atoms with E-state index in [4.69, 9.17) is 5.11 Å². The van der Waals surface area contributed by atoms with Gasteiger partial charge in [0.25, 0.3) is 0 Å². The van der Waals surface area contributed by atoms with E-state index in [1.165, 1.54) is 12.3 Å². The molecule has 0 amide bonds. The van der Waals surface area contributed by atoms with Crippen molar-refractivity contribution in [3.63, 3.8) is 0 Å². The van der Waals surface area contributed by atoms with Gasteiger partial charge in [0.2, 0.25) is 0 Å². The number of ketones is 1. The van der Waals surface area contributed by atoms with Crippen LogP contribution in [0.3, 0.4) is 0 Å². The summed E-state index contributed by atoms with van der Waals surface area (Å²) in [5, 5.41) is 8.89. The van der Waals surface area contributed by atoms with Gasteiger partial charge in [-0.25, -0.2) is 0 Å². The molecule has 0 atom stereocenters. The van der Waals surface area contributed by atoms with E-state index in [0.717, 1.165) is 0 Å². The number of carbonyl (C=O) groups excluding carboxylic acids is 2. The molecule has 0 fully saturated rings. The molecule has 0 radical (unpaired) electrons. The maximum atomic E-state index is 10.6. The molecule has 0 unspecified atom stereocenters. The number of pyridine rings is 1. The summed E-state index contributed by atoms with van der Waals surface area (Å²) < 4.78 is 0. The molecule has 1 N–H and O–H groups in total. The summed E-state index contributed by atoms with van der Waals surface area (Å²) in [6.07, 6.45) is 2.21. The molecule has 0 spiro atoms. The molecule has 0 aliphatic carbocycles. The van der Waals surface area contributed by atoms with Gasteiger partial charge < -0.3 is 5.11 Å². The summed E-state index contributed by atoms with van der Waals surface area (Å²) in [6, 6.07) is 3.11. The zero-order valence-electron chi connectivity index (χ0n) is 6.93. The van der Waals surface area contributed by atoms with Gasteiger partial charge in [0.15, 0.2) is 12.1 Å². The molecule has 1 aromatic rings. The van der Waals surface area contributed by atoms with Crippen LogP contribution in [0.15, 0.2) is 18.3 Å². The van der Waals surface area contributed by atoms with Gasteiger partial charge in [-0.05, 0) is 18.6 Å². The number of rotatable bonds is 4. The lowest BCUT2D eigenvalue weighted by molar-refractivity contribution is -0.129. The average Bonchev–Trinajstić information content (AvgIpc) is 2.16. The Morgan fingerprint density at radius 1 is 1.54 bits per heavy atom. The third-order valence-corrected chi connectivity index (χ3v) is 1.57. The van der Waals surface area contributed by atoms with Gasteiger partial charge in [-0.2, -0.15) is 0 Å². The minimum Gasteiger partial charge on any atom is -0.506 e. The second kappa shape index (κ2) is 4.35. The third kappa shape index (κ3) is 3.02. The first-order valence-corrected chi connectivity index (χ1v) is 3.84. The molecule has 68 valence electrons. The normalized spacial score (nSPS) is 9.54. The number of hydrogen-bond donors (Lipinski definition) is 1. The number of aromatic hydroxyl groups is 1. The monoisotopic (exact) mass is 179 g/mol. The zero-order chi connectivity index (χ0) is 9.68. The van der Waals surface area contributed by atoms with E-state index in [0.29, 0.717) is 18.4 Å². The van der Waals surface area contributed by atoms with Gasteiger partial charge in [0.1, 0.15) is 5.75 Å². The van der Waals surface area contributed by atoms with Crippen LogP contribution in [0.2, 0.25) is 0 Å². The van der Waals surface area contributed by atoms with Crippen molar-refractivity contribution in [3.05, 3.63) is 24.0 Å². The predicted molar refractivity (Wildman–Crippen MR) is 45.3 cm³/mol. The number of hydrogen-bond acceptors (Lipinski definition) is 4. The highest BCUT2D eigenvalue weighted by Crippen LogP contribution is 2.07. The SMILES string of the molecule is O=CC(=O)CCc1ccc(O)cn1. The lowest BCUT2D eigenvalue weighted by atomic mass is 10.2. The maximum absolute atomic E-state index is 10.6. The Bertz CT molecular complexity index is 305. The van der Waals surface area contributed by atoms with Gasteiger partial charge in [-0.3, -0.25) is 14.6 Å². The Labute approximate surface area is 75.2 Å². The van der Waals surface area contributed by atoms with E-state index < -0.39 is 5.78 Å². The topological polar surface area (TPSA) is 67.3 Å². The largest absolute Gasteiger partial charge is 0.506 e. The summed E-state index contributed by atoms with van der Waals surface area (Å²) in [7, 11) is 0. The van der Waals surface area contributed by atoms with Crippen LogP contribution in [0.1, 0.15) is 12.1 Å². The van der Waals surface area contributed by atoms with Crippen LogP contribution in [0.4, 0.5) is 0 Å². The molecule has 0 saturated carbocycles. The van der Waals surface area contributed by atoms with Gasteiger partial charge in [0, 0.05) is 12.1 Å². The highest BCUT2D eigenvalue weighted by Gasteiger charge is 2.00.